The summed E-state index contributed by atoms with van der Waals surface area (Å²) in [5.74, 6) is -3.34. The molecule has 15 nitrogen and oxygen atoms in total. The van der Waals surface area contributed by atoms with Gasteiger partial charge in [-0.1, -0.05) is 62.8 Å². The highest BCUT2D eigenvalue weighted by Gasteiger charge is 2.43. The fourth-order valence-electron chi connectivity index (χ4n) is 7.18. The molecule has 59 heavy (non-hydrogen) atoms. The maximum atomic E-state index is 14.4. The van der Waals surface area contributed by atoms with E-state index in [2.05, 4.69) is 45.1 Å². The van der Waals surface area contributed by atoms with Crippen molar-refractivity contribution < 1.29 is 38.2 Å². The highest BCUT2D eigenvalue weighted by atomic mass is 32.2. The van der Waals surface area contributed by atoms with E-state index in [9.17, 15) is 28.8 Å². The molecular formula is C43H65N7O8S. The molecule has 1 aromatic rings. The van der Waals surface area contributed by atoms with Crippen molar-refractivity contribution in [1.29, 1.82) is 0 Å². The van der Waals surface area contributed by atoms with Gasteiger partial charge in [0.1, 0.15) is 30.2 Å². The van der Waals surface area contributed by atoms with Crippen molar-refractivity contribution in [2.45, 2.75) is 146 Å². The number of rotatable bonds is 12. The maximum Gasteiger partial charge on any atom is 0.245 e. The van der Waals surface area contributed by atoms with Crippen molar-refractivity contribution in [2.24, 2.45) is 5.92 Å². The first kappa shape index (κ1) is 47.4. The summed E-state index contributed by atoms with van der Waals surface area (Å²) in [7, 11) is 0. The Hall–Kier alpha value is -4.25. The Morgan fingerprint density at radius 3 is 2.14 bits per heavy atom. The van der Waals surface area contributed by atoms with Gasteiger partial charge in [-0.2, -0.15) is 0 Å². The molecule has 6 N–H and O–H groups in total. The van der Waals surface area contributed by atoms with Crippen LogP contribution in [0.2, 0.25) is 0 Å². The number of hydrogen-bond acceptors (Lipinski definition) is 10. The van der Waals surface area contributed by atoms with Gasteiger partial charge in [-0.15, -0.1) is 24.9 Å². The zero-order valence-corrected chi connectivity index (χ0v) is 36.6. The summed E-state index contributed by atoms with van der Waals surface area (Å²) >= 11 is 1.47. The fraction of sp³-hybridized carbons (Fsp3) is 0.628. The van der Waals surface area contributed by atoms with Gasteiger partial charge in [0, 0.05) is 12.3 Å². The quantitative estimate of drug-likeness (QED) is 0.170. The molecule has 0 radical (unpaired) electrons. The van der Waals surface area contributed by atoms with Crippen molar-refractivity contribution in [1.82, 2.24) is 36.8 Å². The molecule has 326 valence electrons. The Bertz CT molecular complexity index is 1690. The van der Waals surface area contributed by atoms with Crippen LogP contribution >= 0.6 is 11.8 Å². The first-order valence-electron chi connectivity index (χ1n) is 20.6. The van der Waals surface area contributed by atoms with Gasteiger partial charge >= 0.3 is 0 Å². The molecule has 2 bridgehead atoms. The lowest BCUT2D eigenvalue weighted by Crippen LogP contribution is -2.63. The molecule has 3 unspecified atom stereocenters. The van der Waals surface area contributed by atoms with E-state index in [1.807, 2.05) is 37.3 Å². The summed E-state index contributed by atoms with van der Waals surface area (Å²) < 4.78 is 12.2. The SMILES string of the molecule is C=CC(C)(C)OC[C@H]1NC(=O)[C@H]([C@@H](C)OC(C)(C)C=C)NC(=O)C2CSC(N2)[C@@H](Cc2ccccc2)NC(=O)[C@@H]2CCCN2C(=O)C(C)NC(=O)[C@H]([C@@H](C)CC)NC1=O. The number of benzene rings is 1. The van der Waals surface area contributed by atoms with E-state index in [-0.39, 0.29) is 18.4 Å². The van der Waals surface area contributed by atoms with Crippen molar-refractivity contribution in [2.75, 3.05) is 18.9 Å². The summed E-state index contributed by atoms with van der Waals surface area (Å²) in [4.78, 5) is 86.2. The van der Waals surface area contributed by atoms with Crippen LogP contribution in [0.15, 0.2) is 55.6 Å². The highest BCUT2D eigenvalue weighted by molar-refractivity contribution is 8.00. The van der Waals surface area contributed by atoms with Gasteiger partial charge in [0.25, 0.3) is 0 Å². The molecule has 3 saturated heterocycles. The van der Waals surface area contributed by atoms with E-state index >= 15 is 0 Å². The van der Waals surface area contributed by atoms with Crippen LogP contribution in [0.3, 0.4) is 0 Å². The molecule has 0 aromatic heterocycles. The highest BCUT2D eigenvalue weighted by Crippen LogP contribution is 2.26. The minimum atomic E-state index is -1.33. The van der Waals surface area contributed by atoms with Crippen LogP contribution in [-0.2, 0) is 44.7 Å². The van der Waals surface area contributed by atoms with Crippen LogP contribution in [-0.4, -0.2) is 124 Å². The molecule has 3 fully saturated rings. The number of carbonyl (C=O) groups is 6. The van der Waals surface area contributed by atoms with E-state index < -0.39 is 94.5 Å². The predicted octanol–water partition coefficient (Wildman–Crippen LogP) is 2.11. The van der Waals surface area contributed by atoms with Crippen LogP contribution in [0.1, 0.15) is 80.2 Å². The third-order valence-corrected chi connectivity index (χ3v) is 12.6. The zero-order valence-electron chi connectivity index (χ0n) is 35.8. The number of carbonyl (C=O) groups excluding carboxylic acids is 6. The summed E-state index contributed by atoms with van der Waals surface area (Å²) in [6.45, 7) is 21.6. The van der Waals surface area contributed by atoms with Gasteiger partial charge in [-0.25, -0.2) is 0 Å². The van der Waals surface area contributed by atoms with E-state index in [1.54, 1.807) is 60.6 Å². The van der Waals surface area contributed by atoms with E-state index in [0.717, 1.165) is 5.56 Å². The largest absolute Gasteiger partial charge is 0.369 e. The molecule has 0 spiro atoms. The zero-order chi connectivity index (χ0) is 43.7. The Labute approximate surface area is 353 Å². The van der Waals surface area contributed by atoms with Gasteiger partial charge in [0.05, 0.1) is 41.4 Å². The Kier molecular flexibility index (Phi) is 16.7. The molecule has 3 heterocycles. The lowest BCUT2D eigenvalue weighted by molar-refractivity contribution is -0.142. The molecule has 0 saturated carbocycles. The molecule has 6 amide bonds. The smallest absolute Gasteiger partial charge is 0.245 e. The monoisotopic (exact) mass is 839 g/mol. The summed E-state index contributed by atoms with van der Waals surface area (Å²) in [6.07, 6.45) is 4.20. The molecule has 3 aliphatic heterocycles. The average Bonchev–Trinajstić information content (AvgIpc) is 3.91. The van der Waals surface area contributed by atoms with Crippen molar-refractivity contribution in [3.05, 3.63) is 61.2 Å². The Morgan fingerprint density at radius 2 is 1.49 bits per heavy atom. The molecule has 0 aliphatic carbocycles. The third-order valence-electron chi connectivity index (χ3n) is 11.3. The molecule has 4 rings (SSSR count). The second kappa shape index (κ2) is 20.8. The number of nitrogens with one attached hydrogen (secondary N) is 6. The van der Waals surface area contributed by atoms with Crippen LogP contribution in [0, 0.1) is 5.92 Å². The van der Waals surface area contributed by atoms with Crippen LogP contribution in [0.5, 0.6) is 0 Å². The average molecular weight is 840 g/mol. The number of thioether (sulfide) groups is 1. The van der Waals surface area contributed by atoms with Gasteiger partial charge in [-0.3, -0.25) is 34.1 Å². The standard InChI is InChI=1S/C43H65N7O8S/c1-11-25(4)33-38(54)44-26(5)41(56)50-21-17-20-32(50)37(53)45-29(22-28-18-15-14-16-19-28)40-47-31(24-59-40)36(52)49-34(27(6)58-43(9,10)13-3)39(55)46-30(35(51)48-33)23-57-42(7,8)12-2/h12-16,18-19,25-27,29-34,40,47H,2-3,11,17,20-24H2,1,4-10H3,(H,44,54)(H,45,53)(H,46,55)(H,48,51)(H,49,52)/t25-,26?,27+,29+,30+,31?,32-,33-,34-,40?/m0/s1. The number of nitrogens with zero attached hydrogens (tertiary/aromatic N) is 1. The molecule has 10 atom stereocenters. The minimum Gasteiger partial charge on any atom is -0.369 e. The molecule has 1 aromatic carbocycles. The second-order valence-electron chi connectivity index (χ2n) is 16.9. The first-order chi connectivity index (χ1) is 27.8. The summed E-state index contributed by atoms with van der Waals surface area (Å²) in [5, 5.41) is 17.4. The second-order valence-corrected chi connectivity index (χ2v) is 18.0. The van der Waals surface area contributed by atoms with Crippen molar-refractivity contribution in [3.63, 3.8) is 0 Å². The molecular weight excluding hydrogens is 775 g/mol. The van der Waals surface area contributed by atoms with E-state index in [1.165, 1.54) is 16.7 Å². The van der Waals surface area contributed by atoms with Gasteiger partial charge in [0.2, 0.25) is 35.4 Å². The van der Waals surface area contributed by atoms with Crippen LogP contribution in [0.4, 0.5) is 0 Å². The molecule has 16 heteroatoms. The summed E-state index contributed by atoms with van der Waals surface area (Å²) in [6, 6.07) is 2.88. The summed E-state index contributed by atoms with van der Waals surface area (Å²) in [5.41, 5.74) is -0.811. The van der Waals surface area contributed by atoms with E-state index in [0.29, 0.717) is 38.0 Å². The van der Waals surface area contributed by atoms with Gasteiger partial charge in [-0.05, 0) is 72.3 Å². The van der Waals surface area contributed by atoms with E-state index in [4.69, 9.17) is 9.47 Å². The first-order valence-corrected chi connectivity index (χ1v) is 21.7. The molecule has 3 aliphatic rings. The minimum absolute atomic E-state index is 0.308. The Morgan fingerprint density at radius 1 is 0.847 bits per heavy atom. The lowest BCUT2D eigenvalue weighted by atomic mass is 9.97. The lowest BCUT2D eigenvalue weighted by Gasteiger charge is -2.33. The van der Waals surface area contributed by atoms with Gasteiger partial charge < -0.3 is 41.0 Å². The number of fused-ring (bicyclic) bond motifs is 3. The maximum absolute atomic E-state index is 14.4. The topological polar surface area (TPSA) is 196 Å². The Balaban J connectivity index is 1.76. The van der Waals surface area contributed by atoms with Crippen LogP contribution < -0.4 is 31.9 Å². The number of hydrogen-bond donors (Lipinski definition) is 6. The third kappa shape index (κ3) is 12.9. The number of ether oxygens (including phenoxy) is 2. The van der Waals surface area contributed by atoms with Crippen LogP contribution in [0.25, 0.3) is 0 Å². The van der Waals surface area contributed by atoms with Gasteiger partial charge in [0.15, 0.2) is 0 Å². The predicted molar refractivity (Wildman–Crippen MR) is 228 cm³/mol. The normalized spacial score (nSPS) is 29.1. The van der Waals surface area contributed by atoms with Crippen molar-refractivity contribution >= 4 is 47.2 Å². The fourth-order valence-corrected chi connectivity index (χ4v) is 8.48. The number of amides is 6. The van der Waals surface area contributed by atoms with Crippen molar-refractivity contribution in [3.8, 4) is 0 Å².